The van der Waals surface area contributed by atoms with Crippen LogP contribution in [0.5, 0.6) is 0 Å². The molecule has 214 valence electrons. The number of rotatable bonds is 9. The molecule has 0 radical (unpaired) electrons. The highest BCUT2D eigenvalue weighted by molar-refractivity contribution is 7.90. The Kier molecular flexibility index (Phi) is 9.65. The van der Waals surface area contributed by atoms with Crippen LogP contribution in [0.25, 0.3) is 5.65 Å². The molecule has 0 aliphatic heterocycles. The fourth-order valence-corrected chi connectivity index (χ4v) is 5.07. The zero-order chi connectivity index (χ0) is 28.3. The molecule has 38 heavy (non-hydrogen) atoms. The Hall–Kier alpha value is -2.02. The summed E-state index contributed by atoms with van der Waals surface area (Å²) in [7, 11) is 0. The van der Waals surface area contributed by atoms with Gasteiger partial charge in [-0.3, -0.25) is 0 Å². The van der Waals surface area contributed by atoms with Gasteiger partial charge >= 0.3 is 6.09 Å². The highest BCUT2D eigenvalue weighted by atomic mass is 32.2. The second-order valence-corrected chi connectivity index (χ2v) is 13.8. The quantitative estimate of drug-likeness (QED) is 0.405. The molecule has 1 aliphatic carbocycles. The van der Waals surface area contributed by atoms with Gasteiger partial charge in [-0.2, -0.15) is 5.10 Å². The van der Waals surface area contributed by atoms with Gasteiger partial charge < -0.3 is 19.3 Å². The van der Waals surface area contributed by atoms with Crippen molar-refractivity contribution in [2.24, 2.45) is 5.92 Å². The van der Waals surface area contributed by atoms with Crippen LogP contribution >= 0.6 is 0 Å². The zero-order valence-corrected chi connectivity index (χ0v) is 24.2. The average molecular weight is 558 g/mol. The second kappa shape index (κ2) is 12.0. The summed E-state index contributed by atoms with van der Waals surface area (Å²) in [6.45, 7) is 13.6. The lowest BCUT2D eigenvalue weighted by Crippen LogP contribution is -2.42. The summed E-state index contributed by atoms with van der Waals surface area (Å²) in [6, 6.07) is 0.827. The monoisotopic (exact) mass is 557 g/mol. The van der Waals surface area contributed by atoms with Crippen LogP contribution in [0.15, 0.2) is 18.5 Å². The number of alkyl halides is 2. The number of carbonyl (C=O) groups excluding carboxylic acids is 1. The van der Waals surface area contributed by atoms with Gasteiger partial charge in [0, 0.05) is 30.8 Å². The molecule has 3 atom stereocenters. The van der Waals surface area contributed by atoms with Gasteiger partial charge in [0.2, 0.25) is 5.92 Å². The van der Waals surface area contributed by atoms with E-state index in [1.807, 2.05) is 33.8 Å². The van der Waals surface area contributed by atoms with Crippen LogP contribution in [-0.4, -0.2) is 54.7 Å². The molecule has 0 saturated heterocycles. The smallest absolute Gasteiger partial charge is 0.408 e. The van der Waals surface area contributed by atoms with Gasteiger partial charge in [-0.15, -0.1) is 4.72 Å². The van der Waals surface area contributed by atoms with Crippen LogP contribution in [0.1, 0.15) is 97.5 Å². The van der Waals surface area contributed by atoms with Crippen LogP contribution in [-0.2, 0) is 20.8 Å². The molecule has 2 N–H and O–H groups in total. The molecule has 2 aromatic rings. The van der Waals surface area contributed by atoms with Crippen molar-refractivity contribution >= 4 is 23.1 Å². The Morgan fingerprint density at radius 3 is 2.50 bits per heavy atom. The van der Waals surface area contributed by atoms with E-state index in [0.29, 0.717) is 24.6 Å². The number of hydrogen-bond acceptors (Lipinski definition) is 7. The van der Waals surface area contributed by atoms with Crippen molar-refractivity contribution in [3.05, 3.63) is 29.7 Å². The SMILES string of the molecule is CCOC[C@@H](N[S+]([O-])C(C)(C)C)c1cnn2cc([C@@H](NC(=O)OC(C)(C)C)C3CCC(F)(F)CC3)nc2c1. The van der Waals surface area contributed by atoms with E-state index in [9.17, 15) is 18.1 Å². The topological polar surface area (TPSA) is 113 Å². The molecule has 2 aromatic heterocycles. The summed E-state index contributed by atoms with van der Waals surface area (Å²) in [6.07, 6.45) is 2.75. The minimum Gasteiger partial charge on any atom is -0.598 e. The molecule has 1 unspecified atom stereocenters. The normalized spacial score (nSPS) is 19.2. The van der Waals surface area contributed by atoms with E-state index in [2.05, 4.69) is 15.1 Å². The van der Waals surface area contributed by atoms with Gasteiger partial charge in [0.1, 0.15) is 16.4 Å². The van der Waals surface area contributed by atoms with Crippen molar-refractivity contribution in [1.29, 1.82) is 0 Å². The number of nitrogens with one attached hydrogen (secondary N) is 2. The summed E-state index contributed by atoms with van der Waals surface area (Å²) in [4.78, 5) is 17.4. The molecule has 3 rings (SSSR count). The lowest BCUT2D eigenvalue weighted by molar-refractivity contribution is -0.0500. The Bertz CT molecular complexity index is 1080. The second-order valence-electron chi connectivity index (χ2n) is 11.8. The number of aromatic nitrogens is 3. The summed E-state index contributed by atoms with van der Waals surface area (Å²) in [5.74, 6) is -2.92. The van der Waals surface area contributed by atoms with Crippen molar-refractivity contribution in [2.45, 2.75) is 103 Å². The number of carbonyl (C=O) groups is 1. The molecule has 1 saturated carbocycles. The summed E-state index contributed by atoms with van der Waals surface area (Å²) < 4.78 is 55.9. The molecule has 0 aromatic carbocycles. The Balaban J connectivity index is 1.91. The van der Waals surface area contributed by atoms with Crippen molar-refractivity contribution in [3.8, 4) is 0 Å². The van der Waals surface area contributed by atoms with Crippen molar-refractivity contribution < 1.29 is 27.6 Å². The third-order valence-electron chi connectivity index (χ3n) is 6.28. The minimum absolute atomic E-state index is 0.229. The lowest BCUT2D eigenvalue weighted by Gasteiger charge is -2.33. The number of hydrogen-bond donors (Lipinski definition) is 2. The van der Waals surface area contributed by atoms with E-state index in [-0.39, 0.29) is 37.6 Å². The van der Waals surface area contributed by atoms with Gasteiger partial charge in [-0.05, 0) is 78.9 Å². The first-order valence-electron chi connectivity index (χ1n) is 13.1. The van der Waals surface area contributed by atoms with E-state index in [1.54, 1.807) is 37.7 Å². The van der Waals surface area contributed by atoms with Crippen molar-refractivity contribution in [1.82, 2.24) is 24.6 Å². The maximum Gasteiger partial charge on any atom is 0.408 e. The van der Waals surface area contributed by atoms with Gasteiger partial charge in [-0.1, -0.05) is 0 Å². The number of fused-ring (bicyclic) bond motifs is 1. The van der Waals surface area contributed by atoms with Crippen LogP contribution in [0.4, 0.5) is 13.6 Å². The molecule has 1 aliphatic rings. The minimum atomic E-state index is -2.70. The molecule has 0 spiro atoms. The van der Waals surface area contributed by atoms with E-state index >= 15 is 0 Å². The Morgan fingerprint density at radius 1 is 1.26 bits per heavy atom. The first-order valence-corrected chi connectivity index (χ1v) is 14.2. The Morgan fingerprint density at radius 2 is 1.92 bits per heavy atom. The first-order chi connectivity index (χ1) is 17.6. The zero-order valence-electron chi connectivity index (χ0n) is 23.3. The fraction of sp³-hybridized carbons (Fsp3) is 0.731. The van der Waals surface area contributed by atoms with Crippen molar-refractivity contribution in [2.75, 3.05) is 13.2 Å². The molecule has 12 heteroatoms. The molecule has 2 heterocycles. The van der Waals surface area contributed by atoms with E-state index in [4.69, 9.17) is 14.5 Å². The predicted octanol–water partition coefficient (Wildman–Crippen LogP) is 5.25. The molecule has 1 amide bonds. The molecule has 0 bridgehead atoms. The molecule has 9 nitrogen and oxygen atoms in total. The summed E-state index contributed by atoms with van der Waals surface area (Å²) >= 11 is -1.34. The van der Waals surface area contributed by atoms with Gasteiger partial charge in [-0.25, -0.2) is 23.1 Å². The number of halogens is 2. The number of nitrogens with zero attached hydrogens (tertiary/aromatic N) is 3. The fourth-order valence-electron chi connectivity index (χ4n) is 4.25. The predicted molar refractivity (Wildman–Crippen MR) is 142 cm³/mol. The highest BCUT2D eigenvalue weighted by Crippen LogP contribution is 2.41. The van der Waals surface area contributed by atoms with Crippen molar-refractivity contribution in [3.63, 3.8) is 0 Å². The lowest BCUT2D eigenvalue weighted by atomic mass is 9.81. The summed E-state index contributed by atoms with van der Waals surface area (Å²) in [5.41, 5.74) is 1.07. The first kappa shape index (κ1) is 30.5. The maximum atomic E-state index is 13.9. The van der Waals surface area contributed by atoms with Gasteiger partial charge in [0.05, 0.1) is 30.7 Å². The number of alkyl carbamates (subject to hydrolysis) is 1. The van der Waals surface area contributed by atoms with Gasteiger partial charge in [0.15, 0.2) is 5.65 Å². The molecular formula is C26H41F2N5O4S. The van der Waals surface area contributed by atoms with Crippen LogP contribution in [0.2, 0.25) is 0 Å². The highest BCUT2D eigenvalue weighted by Gasteiger charge is 2.40. The summed E-state index contributed by atoms with van der Waals surface area (Å²) in [5, 5.41) is 7.36. The number of ether oxygens (including phenoxy) is 2. The number of imidazole rings is 1. The van der Waals surface area contributed by atoms with Crippen LogP contribution < -0.4 is 10.0 Å². The third kappa shape index (κ3) is 8.49. The van der Waals surface area contributed by atoms with E-state index in [1.165, 1.54) is 0 Å². The standard InChI is InChI=1S/C26H41F2N5O4S/c1-8-36-16-20(32-38(35)25(5,6)7)18-13-21-30-19(15-33(21)29-14-18)22(31-23(34)37-24(2,3)4)17-9-11-26(27,28)12-10-17/h13-15,17,20,22,32H,8-12,16H2,1-7H3,(H,31,34)/t20-,22+,38?/m1/s1. The average Bonchev–Trinajstić information content (AvgIpc) is 3.21. The van der Waals surface area contributed by atoms with Crippen LogP contribution in [0.3, 0.4) is 0 Å². The third-order valence-corrected chi connectivity index (χ3v) is 7.89. The largest absolute Gasteiger partial charge is 0.598 e. The number of amides is 1. The van der Waals surface area contributed by atoms with E-state index in [0.717, 1.165) is 5.56 Å². The molecule has 1 fully saturated rings. The van der Waals surface area contributed by atoms with E-state index < -0.39 is 39.8 Å². The Labute approximate surface area is 226 Å². The van der Waals surface area contributed by atoms with Crippen LogP contribution in [0, 0.1) is 5.92 Å². The maximum absolute atomic E-state index is 13.9. The molecular weight excluding hydrogens is 516 g/mol. The van der Waals surface area contributed by atoms with Gasteiger partial charge in [0.25, 0.3) is 0 Å².